The van der Waals surface area contributed by atoms with Crippen LogP contribution in [0.5, 0.6) is 11.5 Å². The first-order valence-corrected chi connectivity index (χ1v) is 11.8. The number of fused-ring (bicyclic) bond motifs is 1. The molecule has 152 valence electrons. The SMILES string of the molecule is CCS(=O)(=O)Nc1ccc(S(=O)(=O)Oc2cccc3c2OC(C)(C)C3)c(C)c1. The predicted octanol–water partition coefficient (Wildman–Crippen LogP) is 3.24. The van der Waals surface area contributed by atoms with Gasteiger partial charge in [0.2, 0.25) is 10.0 Å². The summed E-state index contributed by atoms with van der Waals surface area (Å²) in [5.74, 6) is 0.490. The topological polar surface area (TPSA) is 98.8 Å². The van der Waals surface area contributed by atoms with Crippen molar-refractivity contribution in [2.75, 3.05) is 10.5 Å². The second kappa shape index (κ2) is 6.97. The highest BCUT2D eigenvalue weighted by Crippen LogP contribution is 2.42. The Labute approximate surface area is 165 Å². The van der Waals surface area contributed by atoms with Crippen molar-refractivity contribution in [3.63, 3.8) is 0 Å². The van der Waals surface area contributed by atoms with Crippen LogP contribution in [0.2, 0.25) is 0 Å². The molecular formula is C19H23NO6S2. The fourth-order valence-electron chi connectivity index (χ4n) is 3.06. The van der Waals surface area contributed by atoms with E-state index < -0.39 is 25.7 Å². The monoisotopic (exact) mass is 425 g/mol. The lowest BCUT2D eigenvalue weighted by Gasteiger charge is -2.18. The number of benzene rings is 2. The van der Waals surface area contributed by atoms with Crippen LogP contribution in [-0.2, 0) is 26.6 Å². The third-order valence-electron chi connectivity index (χ3n) is 4.35. The number of sulfonamides is 1. The van der Waals surface area contributed by atoms with Gasteiger partial charge in [-0.1, -0.05) is 12.1 Å². The summed E-state index contributed by atoms with van der Waals surface area (Å²) in [6.07, 6.45) is 0.658. The number of para-hydroxylation sites is 1. The number of rotatable bonds is 6. The van der Waals surface area contributed by atoms with Crippen LogP contribution in [0, 0.1) is 6.92 Å². The van der Waals surface area contributed by atoms with E-state index in [1.54, 1.807) is 19.1 Å². The van der Waals surface area contributed by atoms with Gasteiger partial charge < -0.3 is 8.92 Å². The number of ether oxygens (including phenoxy) is 1. The molecule has 3 rings (SSSR count). The zero-order chi connectivity index (χ0) is 20.7. The number of hydrogen-bond donors (Lipinski definition) is 1. The first-order chi connectivity index (χ1) is 12.9. The summed E-state index contributed by atoms with van der Waals surface area (Å²) < 4.78 is 62.7. The van der Waals surface area contributed by atoms with Gasteiger partial charge in [-0.2, -0.15) is 8.42 Å². The summed E-state index contributed by atoms with van der Waals surface area (Å²) in [4.78, 5) is -0.0400. The Kier molecular flexibility index (Phi) is 5.09. The molecule has 2 aromatic rings. The van der Waals surface area contributed by atoms with E-state index in [0.29, 0.717) is 23.4 Å². The van der Waals surface area contributed by atoms with Crippen LogP contribution in [0.4, 0.5) is 5.69 Å². The Morgan fingerprint density at radius 3 is 2.50 bits per heavy atom. The Bertz CT molecular complexity index is 1120. The van der Waals surface area contributed by atoms with Crippen molar-refractivity contribution in [1.29, 1.82) is 0 Å². The van der Waals surface area contributed by atoms with Crippen LogP contribution in [0.25, 0.3) is 0 Å². The number of aryl methyl sites for hydroxylation is 1. The average Bonchev–Trinajstić information content (AvgIpc) is 2.89. The van der Waals surface area contributed by atoms with E-state index in [2.05, 4.69) is 4.72 Å². The molecule has 0 amide bonds. The molecule has 0 aliphatic carbocycles. The Hall–Kier alpha value is -2.26. The molecule has 0 fully saturated rings. The lowest BCUT2D eigenvalue weighted by Crippen LogP contribution is -2.24. The molecule has 1 heterocycles. The Morgan fingerprint density at radius 2 is 1.86 bits per heavy atom. The molecule has 0 saturated heterocycles. The predicted molar refractivity (Wildman–Crippen MR) is 107 cm³/mol. The van der Waals surface area contributed by atoms with Crippen molar-refractivity contribution in [3.05, 3.63) is 47.5 Å². The summed E-state index contributed by atoms with van der Waals surface area (Å²) in [6, 6.07) is 9.33. The highest BCUT2D eigenvalue weighted by molar-refractivity contribution is 7.92. The van der Waals surface area contributed by atoms with E-state index in [9.17, 15) is 16.8 Å². The first-order valence-electron chi connectivity index (χ1n) is 8.79. The summed E-state index contributed by atoms with van der Waals surface area (Å²) in [5, 5.41) is 0. The highest BCUT2D eigenvalue weighted by atomic mass is 32.2. The van der Waals surface area contributed by atoms with E-state index in [1.165, 1.54) is 25.1 Å². The quantitative estimate of drug-likeness (QED) is 0.714. The van der Waals surface area contributed by atoms with Gasteiger partial charge in [0.1, 0.15) is 10.5 Å². The molecule has 1 aliphatic heterocycles. The Morgan fingerprint density at radius 1 is 1.14 bits per heavy atom. The largest absolute Gasteiger partial charge is 0.483 e. The molecule has 1 aliphatic rings. The van der Waals surface area contributed by atoms with E-state index in [0.717, 1.165) is 5.56 Å². The van der Waals surface area contributed by atoms with Crippen molar-refractivity contribution < 1.29 is 25.8 Å². The molecule has 0 atom stereocenters. The summed E-state index contributed by atoms with van der Waals surface area (Å²) in [6.45, 7) is 6.94. The third kappa shape index (κ3) is 4.25. The molecule has 0 aromatic heterocycles. The van der Waals surface area contributed by atoms with Gasteiger partial charge in [-0.3, -0.25) is 4.72 Å². The lowest BCUT2D eigenvalue weighted by atomic mass is 10.0. The van der Waals surface area contributed by atoms with Gasteiger partial charge in [-0.15, -0.1) is 0 Å². The van der Waals surface area contributed by atoms with E-state index in [1.807, 2.05) is 19.9 Å². The van der Waals surface area contributed by atoms with Crippen molar-refractivity contribution >= 4 is 25.8 Å². The van der Waals surface area contributed by atoms with E-state index in [4.69, 9.17) is 8.92 Å². The smallest absolute Gasteiger partial charge is 0.339 e. The molecule has 0 saturated carbocycles. The molecule has 0 spiro atoms. The lowest BCUT2D eigenvalue weighted by molar-refractivity contribution is 0.136. The van der Waals surface area contributed by atoms with E-state index in [-0.39, 0.29) is 16.4 Å². The van der Waals surface area contributed by atoms with Gasteiger partial charge in [0.05, 0.1) is 5.75 Å². The zero-order valence-corrected chi connectivity index (χ0v) is 17.8. The van der Waals surface area contributed by atoms with Crippen molar-refractivity contribution in [2.45, 2.75) is 44.6 Å². The Balaban J connectivity index is 1.90. The summed E-state index contributed by atoms with van der Waals surface area (Å²) in [5.41, 5.74) is 1.12. The summed E-state index contributed by atoms with van der Waals surface area (Å²) in [7, 11) is -7.58. The third-order valence-corrected chi connectivity index (χ3v) is 7.05. The highest BCUT2D eigenvalue weighted by Gasteiger charge is 2.33. The molecule has 0 radical (unpaired) electrons. The molecule has 7 nitrogen and oxygen atoms in total. The summed E-state index contributed by atoms with van der Waals surface area (Å²) >= 11 is 0. The maximum absolute atomic E-state index is 12.8. The first kappa shape index (κ1) is 20.5. The van der Waals surface area contributed by atoms with Crippen LogP contribution >= 0.6 is 0 Å². The molecule has 2 aromatic carbocycles. The zero-order valence-electron chi connectivity index (χ0n) is 16.1. The fraction of sp³-hybridized carbons (Fsp3) is 0.368. The van der Waals surface area contributed by atoms with Gasteiger partial charge in [-0.25, -0.2) is 8.42 Å². The van der Waals surface area contributed by atoms with Gasteiger partial charge in [0.25, 0.3) is 0 Å². The van der Waals surface area contributed by atoms with Crippen molar-refractivity contribution in [2.24, 2.45) is 0 Å². The van der Waals surface area contributed by atoms with Crippen LogP contribution in [0.15, 0.2) is 41.3 Å². The second-order valence-electron chi connectivity index (χ2n) is 7.31. The molecule has 28 heavy (non-hydrogen) atoms. The number of hydrogen-bond acceptors (Lipinski definition) is 6. The molecular weight excluding hydrogens is 402 g/mol. The second-order valence-corrected chi connectivity index (χ2v) is 10.8. The minimum atomic E-state index is -4.13. The average molecular weight is 426 g/mol. The van der Waals surface area contributed by atoms with Crippen LogP contribution in [-0.4, -0.2) is 28.2 Å². The normalized spacial score (nSPS) is 15.6. The maximum atomic E-state index is 12.8. The number of anilines is 1. The van der Waals surface area contributed by atoms with Crippen LogP contribution in [0.3, 0.4) is 0 Å². The van der Waals surface area contributed by atoms with Gasteiger partial charge in [0.15, 0.2) is 11.5 Å². The van der Waals surface area contributed by atoms with Crippen molar-refractivity contribution in [3.8, 4) is 11.5 Å². The molecule has 0 bridgehead atoms. The minimum Gasteiger partial charge on any atom is -0.483 e. The minimum absolute atomic E-state index is 0.0400. The standard InChI is InChI=1S/C19H23NO6S2/c1-5-27(21,22)20-15-9-10-17(13(2)11-15)28(23,24)26-16-8-6-7-14-12-19(3,4)25-18(14)16/h6-11,20H,5,12H2,1-4H3. The van der Waals surface area contributed by atoms with Crippen LogP contribution < -0.4 is 13.6 Å². The van der Waals surface area contributed by atoms with Gasteiger partial charge in [-0.05, 0) is 57.5 Å². The van der Waals surface area contributed by atoms with Crippen molar-refractivity contribution in [1.82, 2.24) is 0 Å². The van der Waals surface area contributed by atoms with E-state index >= 15 is 0 Å². The molecule has 0 unspecified atom stereocenters. The van der Waals surface area contributed by atoms with Gasteiger partial charge in [0, 0.05) is 17.7 Å². The number of nitrogens with one attached hydrogen (secondary N) is 1. The van der Waals surface area contributed by atoms with Gasteiger partial charge >= 0.3 is 10.1 Å². The fourth-order valence-corrected chi connectivity index (χ4v) is 4.84. The molecule has 1 N–H and O–H groups in total. The van der Waals surface area contributed by atoms with Crippen LogP contribution in [0.1, 0.15) is 31.9 Å². The maximum Gasteiger partial charge on any atom is 0.339 e. The molecule has 9 heteroatoms.